The molecule has 2 amide bonds. The smallest absolute Gasteiger partial charge is 0.271 e. The second-order valence-electron chi connectivity index (χ2n) is 4.48. The minimum absolute atomic E-state index is 0.200. The van der Waals surface area contributed by atoms with Crippen LogP contribution in [0.4, 0.5) is 5.69 Å². The molecule has 5 nitrogen and oxygen atoms in total. The fourth-order valence-electron chi connectivity index (χ4n) is 1.75. The van der Waals surface area contributed by atoms with Gasteiger partial charge in [-0.05, 0) is 24.3 Å². The van der Waals surface area contributed by atoms with Gasteiger partial charge in [0, 0.05) is 28.8 Å². The first-order valence-electron chi connectivity index (χ1n) is 6.52. The Balaban J connectivity index is 2.03. The second kappa shape index (κ2) is 7.38. The molecule has 2 N–H and O–H groups in total. The van der Waals surface area contributed by atoms with Crippen LogP contribution in [0.5, 0.6) is 0 Å². The summed E-state index contributed by atoms with van der Waals surface area (Å²) in [4.78, 5) is 23.0. The Morgan fingerprint density at radius 2 is 1.91 bits per heavy atom. The minimum Gasteiger partial charge on any atom is -0.326 e. The van der Waals surface area contributed by atoms with Crippen LogP contribution >= 0.6 is 11.6 Å². The summed E-state index contributed by atoms with van der Waals surface area (Å²) in [6, 6.07) is 13.7. The zero-order valence-electron chi connectivity index (χ0n) is 11.8. The quantitative estimate of drug-likeness (QED) is 0.672. The Kier molecular flexibility index (Phi) is 5.27. The van der Waals surface area contributed by atoms with Crippen LogP contribution in [0.2, 0.25) is 5.02 Å². The molecule has 0 atom stereocenters. The number of carbonyl (C=O) groups is 2. The van der Waals surface area contributed by atoms with Crippen molar-refractivity contribution in [3.8, 4) is 0 Å². The standard InChI is InChI=1S/C16H14ClN3O2/c1-11(21)19-14-7-4-6-12(9-14)16(22)20-18-10-13-5-2-3-8-15(13)17/h2-10H,1H3,(H,19,21)(H,20,22)/b18-10-. The van der Waals surface area contributed by atoms with Gasteiger partial charge in [0.25, 0.3) is 5.91 Å². The molecular weight excluding hydrogens is 302 g/mol. The number of halogens is 1. The minimum atomic E-state index is -0.379. The highest BCUT2D eigenvalue weighted by Gasteiger charge is 2.05. The average molecular weight is 316 g/mol. The van der Waals surface area contributed by atoms with E-state index < -0.39 is 0 Å². The van der Waals surface area contributed by atoms with E-state index in [0.29, 0.717) is 21.8 Å². The molecule has 0 saturated heterocycles. The van der Waals surface area contributed by atoms with Crippen molar-refractivity contribution in [1.29, 1.82) is 0 Å². The van der Waals surface area contributed by atoms with Crippen molar-refractivity contribution < 1.29 is 9.59 Å². The van der Waals surface area contributed by atoms with E-state index in [-0.39, 0.29) is 11.8 Å². The van der Waals surface area contributed by atoms with E-state index >= 15 is 0 Å². The highest BCUT2D eigenvalue weighted by Crippen LogP contribution is 2.12. The van der Waals surface area contributed by atoms with E-state index in [9.17, 15) is 9.59 Å². The van der Waals surface area contributed by atoms with E-state index in [4.69, 9.17) is 11.6 Å². The zero-order valence-corrected chi connectivity index (χ0v) is 12.6. The topological polar surface area (TPSA) is 70.6 Å². The normalized spacial score (nSPS) is 10.5. The Morgan fingerprint density at radius 3 is 2.64 bits per heavy atom. The van der Waals surface area contributed by atoms with Crippen molar-refractivity contribution >= 4 is 35.3 Å². The van der Waals surface area contributed by atoms with Crippen molar-refractivity contribution in [3.05, 3.63) is 64.7 Å². The summed E-state index contributed by atoms with van der Waals surface area (Å²) in [5.41, 5.74) is 4.06. The second-order valence-corrected chi connectivity index (χ2v) is 4.89. The van der Waals surface area contributed by atoms with Gasteiger partial charge in [0.15, 0.2) is 0 Å². The molecular formula is C16H14ClN3O2. The molecule has 2 aromatic rings. The largest absolute Gasteiger partial charge is 0.326 e. The van der Waals surface area contributed by atoms with Crippen LogP contribution in [0.1, 0.15) is 22.8 Å². The van der Waals surface area contributed by atoms with Gasteiger partial charge in [-0.25, -0.2) is 5.43 Å². The summed E-state index contributed by atoms with van der Waals surface area (Å²) in [5.74, 6) is -0.579. The number of hydrogen-bond donors (Lipinski definition) is 2. The average Bonchev–Trinajstić information content (AvgIpc) is 2.48. The van der Waals surface area contributed by atoms with Gasteiger partial charge < -0.3 is 5.32 Å². The van der Waals surface area contributed by atoms with E-state index in [1.807, 2.05) is 12.1 Å². The van der Waals surface area contributed by atoms with Crippen LogP contribution in [-0.2, 0) is 4.79 Å². The van der Waals surface area contributed by atoms with Gasteiger partial charge in [0.05, 0.1) is 6.21 Å². The van der Waals surface area contributed by atoms with E-state index in [2.05, 4.69) is 15.8 Å². The molecule has 2 aromatic carbocycles. The number of hydrogen-bond acceptors (Lipinski definition) is 3. The van der Waals surface area contributed by atoms with Crippen LogP contribution in [0.25, 0.3) is 0 Å². The number of hydrazone groups is 1. The molecule has 0 aliphatic carbocycles. The first-order valence-corrected chi connectivity index (χ1v) is 6.89. The van der Waals surface area contributed by atoms with Crippen LogP contribution in [0.15, 0.2) is 53.6 Å². The number of carbonyl (C=O) groups excluding carboxylic acids is 2. The molecule has 0 fully saturated rings. The lowest BCUT2D eigenvalue weighted by molar-refractivity contribution is -0.114. The molecule has 0 unspecified atom stereocenters. The molecule has 0 heterocycles. The van der Waals surface area contributed by atoms with Crippen molar-refractivity contribution in [2.24, 2.45) is 5.10 Å². The summed E-state index contributed by atoms with van der Waals surface area (Å²) < 4.78 is 0. The molecule has 6 heteroatoms. The molecule has 0 radical (unpaired) electrons. The Labute approximate surface area is 133 Å². The van der Waals surface area contributed by atoms with Crippen LogP contribution < -0.4 is 10.7 Å². The van der Waals surface area contributed by atoms with Crippen LogP contribution in [-0.4, -0.2) is 18.0 Å². The fourth-order valence-corrected chi connectivity index (χ4v) is 1.93. The monoisotopic (exact) mass is 315 g/mol. The maximum atomic E-state index is 12.0. The van der Waals surface area contributed by atoms with Crippen LogP contribution in [0.3, 0.4) is 0 Å². The summed E-state index contributed by atoms with van der Waals surface area (Å²) in [6.45, 7) is 1.40. The first kappa shape index (κ1) is 15.7. The highest BCUT2D eigenvalue weighted by molar-refractivity contribution is 6.33. The molecule has 0 aliphatic heterocycles. The van der Waals surface area contributed by atoms with Gasteiger partial charge in [0.2, 0.25) is 5.91 Å². The van der Waals surface area contributed by atoms with Gasteiger partial charge >= 0.3 is 0 Å². The maximum absolute atomic E-state index is 12.0. The van der Waals surface area contributed by atoms with Crippen molar-refractivity contribution in [2.75, 3.05) is 5.32 Å². The Morgan fingerprint density at radius 1 is 1.14 bits per heavy atom. The number of benzene rings is 2. The highest BCUT2D eigenvalue weighted by atomic mass is 35.5. The van der Waals surface area contributed by atoms with Crippen molar-refractivity contribution in [1.82, 2.24) is 5.43 Å². The molecule has 0 bridgehead atoms. The Bertz CT molecular complexity index is 729. The summed E-state index contributed by atoms with van der Waals surface area (Å²) >= 11 is 5.98. The summed E-state index contributed by atoms with van der Waals surface area (Å²) in [5, 5.41) is 7.04. The third-order valence-electron chi connectivity index (χ3n) is 2.72. The van der Waals surface area contributed by atoms with Gasteiger partial charge in [-0.3, -0.25) is 9.59 Å². The van der Waals surface area contributed by atoms with Gasteiger partial charge in [-0.1, -0.05) is 35.9 Å². The maximum Gasteiger partial charge on any atom is 0.271 e. The predicted molar refractivity (Wildman–Crippen MR) is 87.3 cm³/mol. The third-order valence-corrected chi connectivity index (χ3v) is 3.06. The van der Waals surface area contributed by atoms with E-state index in [1.54, 1.807) is 36.4 Å². The Hall–Kier alpha value is -2.66. The molecule has 0 aromatic heterocycles. The number of nitrogens with zero attached hydrogens (tertiary/aromatic N) is 1. The predicted octanol–water partition coefficient (Wildman–Crippen LogP) is 3.06. The first-order chi connectivity index (χ1) is 10.6. The number of nitrogens with one attached hydrogen (secondary N) is 2. The molecule has 112 valence electrons. The van der Waals surface area contributed by atoms with E-state index in [1.165, 1.54) is 13.1 Å². The lowest BCUT2D eigenvalue weighted by Gasteiger charge is -2.04. The lowest BCUT2D eigenvalue weighted by atomic mass is 10.2. The summed E-state index contributed by atoms with van der Waals surface area (Å²) in [6.07, 6.45) is 1.47. The number of amides is 2. The molecule has 0 saturated carbocycles. The van der Waals surface area contributed by atoms with Gasteiger partial charge in [-0.2, -0.15) is 5.10 Å². The molecule has 2 rings (SSSR count). The number of anilines is 1. The SMILES string of the molecule is CC(=O)Nc1cccc(C(=O)N/N=C\c2ccccc2Cl)c1. The lowest BCUT2D eigenvalue weighted by Crippen LogP contribution is -2.18. The van der Waals surface area contributed by atoms with Crippen molar-refractivity contribution in [2.45, 2.75) is 6.92 Å². The molecule has 0 spiro atoms. The molecule has 0 aliphatic rings. The number of rotatable bonds is 4. The third kappa shape index (κ3) is 4.43. The summed E-state index contributed by atoms with van der Waals surface area (Å²) in [7, 11) is 0. The fraction of sp³-hybridized carbons (Fsp3) is 0.0625. The van der Waals surface area contributed by atoms with Crippen molar-refractivity contribution in [3.63, 3.8) is 0 Å². The van der Waals surface area contributed by atoms with Gasteiger partial charge in [-0.15, -0.1) is 0 Å². The zero-order chi connectivity index (χ0) is 15.9. The van der Waals surface area contributed by atoms with E-state index in [0.717, 1.165) is 0 Å². The van der Waals surface area contributed by atoms with Gasteiger partial charge in [0.1, 0.15) is 0 Å². The van der Waals surface area contributed by atoms with Crippen LogP contribution in [0, 0.1) is 0 Å². The molecule has 22 heavy (non-hydrogen) atoms.